The van der Waals surface area contributed by atoms with Gasteiger partial charge in [0, 0.05) is 36.6 Å². The van der Waals surface area contributed by atoms with Crippen molar-refractivity contribution in [2.75, 3.05) is 7.05 Å². The number of carbonyl (C=O) groups excluding carboxylic acids is 1. The number of amides is 1. The van der Waals surface area contributed by atoms with Crippen molar-refractivity contribution in [1.82, 2.24) is 9.88 Å². The van der Waals surface area contributed by atoms with Gasteiger partial charge in [-0.3, -0.25) is 9.78 Å². The number of benzene rings is 1. The molecule has 0 radical (unpaired) electrons. The molecule has 92 valence electrons. The molecule has 0 N–H and O–H groups in total. The van der Waals surface area contributed by atoms with Crippen LogP contribution in [0.1, 0.15) is 15.9 Å². The summed E-state index contributed by atoms with van der Waals surface area (Å²) in [7, 11) is 1.78. The zero-order valence-electron chi connectivity index (χ0n) is 10.0. The molecular weight excluding hydrogens is 248 g/mol. The SMILES string of the molecule is CN(Cc1ccncc1)C(=O)c1ccc(Cl)cc1. The largest absolute Gasteiger partial charge is 0.337 e. The molecule has 0 aliphatic heterocycles. The zero-order chi connectivity index (χ0) is 13.0. The van der Waals surface area contributed by atoms with E-state index in [9.17, 15) is 4.79 Å². The van der Waals surface area contributed by atoms with Crippen molar-refractivity contribution in [3.8, 4) is 0 Å². The van der Waals surface area contributed by atoms with Gasteiger partial charge in [0.15, 0.2) is 0 Å². The lowest BCUT2D eigenvalue weighted by Gasteiger charge is -2.17. The van der Waals surface area contributed by atoms with Gasteiger partial charge < -0.3 is 4.90 Å². The molecule has 2 aromatic rings. The molecule has 0 bridgehead atoms. The topological polar surface area (TPSA) is 33.2 Å². The Morgan fingerprint density at radius 1 is 1.17 bits per heavy atom. The Balaban J connectivity index is 2.07. The van der Waals surface area contributed by atoms with Crippen LogP contribution < -0.4 is 0 Å². The monoisotopic (exact) mass is 260 g/mol. The normalized spacial score (nSPS) is 10.1. The Kier molecular flexibility index (Phi) is 3.95. The van der Waals surface area contributed by atoms with Gasteiger partial charge in [0.05, 0.1) is 0 Å². The highest BCUT2D eigenvalue weighted by atomic mass is 35.5. The number of rotatable bonds is 3. The van der Waals surface area contributed by atoms with Gasteiger partial charge in [-0.25, -0.2) is 0 Å². The predicted molar refractivity (Wildman–Crippen MR) is 71.5 cm³/mol. The van der Waals surface area contributed by atoms with E-state index in [1.54, 1.807) is 48.6 Å². The molecular formula is C14H13ClN2O. The van der Waals surface area contributed by atoms with Gasteiger partial charge in [0.2, 0.25) is 0 Å². The van der Waals surface area contributed by atoms with Crippen LogP contribution in [0.5, 0.6) is 0 Å². The van der Waals surface area contributed by atoms with Crippen molar-refractivity contribution in [2.24, 2.45) is 0 Å². The Morgan fingerprint density at radius 2 is 1.78 bits per heavy atom. The number of carbonyl (C=O) groups is 1. The number of halogens is 1. The minimum atomic E-state index is -0.0246. The van der Waals surface area contributed by atoms with E-state index in [2.05, 4.69) is 4.98 Å². The smallest absolute Gasteiger partial charge is 0.253 e. The lowest BCUT2D eigenvalue weighted by atomic mass is 10.2. The maximum absolute atomic E-state index is 12.1. The molecule has 0 spiro atoms. The van der Waals surface area contributed by atoms with Gasteiger partial charge >= 0.3 is 0 Å². The van der Waals surface area contributed by atoms with Gasteiger partial charge in [-0.05, 0) is 42.0 Å². The van der Waals surface area contributed by atoms with Gasteiger partial charge in [-0.15, -0.1) is 0 Å². The van der Waals surface area contributed by atoms with Crippen LogP contribution in [0.2, 0.25) is 5.02 Å². The van der Waals surface area contributed by atoms with E-state index in [1.165, 1.54) is 0 Å². The first-order valence-corrected chi connectivity index (χ1v) is 5.94. The summed E-state index contributed by atoms with van der Waals surface area (Å²) in [5.41, 5.74) is 1.69. The molecule has 18 heavy (non-hydrogen) atoms. The van der Waals surface area contributed by atoms with Crippen molar-refractivity contribution >= 4 is 17.5 Å². The van der Waals surface area contributed by atoms with E-state index in [0.717, 1.165) is 5.56 Å². The summed E-state index contributed by atoms with van der Waals surface area (Å²) in [5, 5.41) is 0.628. The molecule has 1 amide bonds. The molecule has 1 aromatic carbocycles. The van der Waals surface area contributed by atoms with Gasteiger partial charge in [0.1, 0.15) is 0 Å². The molecule has 1 heterocycles. The van der Waals surface area contributed by atoms with E-state index < -0.39 is 0 Å². The fraction of sp³-hybridized carbons (Fsp3) is 0.143. The van der Waals surface area contributed by atoms with E-state index in [1.807, 2.05) is 12.1 Å². The van der Waals surface area contributed by atoms with Crippen LogP contribution in [0.25, 0.3) is 0 Å². The molecule has 4 heteroatoms. The summed E-state index contributed by atoms with van der Waals surface area (Å²) in [4.78, 5) is 17.7. The first-order valence-electron chi connectivity index (χ1n) is 5.57. The third kappa shape index (κ3) is 3.08. The van der Waals surface area contributed by atoms with Crippen molar-refractivity contribution in [3.05, 3.63) is 64.9 Å². The minimum Gasteiger partial charge on any atom is -0.337 e. The standard InChI is InChI=1S/C14H13ClN2O/c1-17(10-11-6-8-16-9-7-11)14(18)12-2-4-13(15)5-3-12/h2-9H,10H2,1H3. The first-order chi connectivity index (χ1) is 8.66. The number of nitrogens with zero attached hydrogens (tertiary/aromatic N) is 2. The number of hydrogen-bond donors (Lipinski definition) is 0. The molecule has 3 nitrogen and oxygen atoms in total. The van der Waals surface area contributed by atoms with E-state index in [4.69, 9.17) is 11.6 Å². The lowest BCUT2D eigenvalue weighted by molar-refractivity contribution is 0.0785. The third-order valence-electron chi connectivity index (χ3n) is 2.61. The molecule has 0 saturated heterocycles. The number of hydrogen-bond acceptors (Lipinski definition) is 2. The second kappa shape index (κ2) is 5.65. The van der Waals surface area contributed by atoms with Crippen LogP contribution in [0.3, 0.4) is 0 Å². The molecule has 0 atom stereocenters. The van der Waals surface area contributed by atoms with Gasteiger partial charge in [-0.1, -0.05) is 11.6 Å². The maximum atomic E-state index is 12.1. The summed E-state index contributed by atoms with van der Waals surface area (Å²) < 4.78 is 0. The van der Waals surface area contributed by atoms with Gasteiger partial charge in [0.25, 0.3) is 5.91 Å². The van der Waals surface area contributed by atoms with Crippen molar-refractivity contribution in [3.63, 3.8) is 0 Å². The van der Waals surface area contributed by atoms with Crippen LogP contribution in [0, 0.1) is 0 Å². The predicted octanol–water partition coefficient (Wildman–Crippen LogP) is 3.01. The maximum Gasteiger partial charge on any atom is 0.253 e. The average Bonchev–Trinajstić information content (AvgIpc) is 2.40. The number of aromatic nitrogens is 1. The molecule has 0 saturated carbocycles. The Labute approximate surface area is 111 Å². The first kappa shape index (κ1) is 12.6. The summed E-state index contributed by atoms with van der Waals surface area (Å²) in [6.07, 6.45) is 3.44. The van der Waals surface area contributed by atoms with Crippen LogP contribution in [-0.2, 0) is 6.54 Å². The molecule has 0 unspecified atom stereocenters. The highest BCUT2D eigenvalue weighted by molar-refractivity contribution is 6.30. The van der Waals surface area contributed by atoms with Crippen LogP contribution in [0.15, 0.2) is 48.8 Å². The van der Waals surface area contributed by atoms with Crippen LogP contribution in [0.4, 0.5) is 0 Å². The van der Waals surface area contributed by atoms with Crippen molar-refractivity contribution in [2.45, 2.75) is 6.54 Å². The van der Waals surface area contributed by atoms with Crippen LogP contribution in [-0.4, -0.2) is 22.8 Å². The van der Waals surface area contributed by atoms with E-state index in [-0.39, 0.29) is 5.91 Å². The molecule has 0 aliphatic rings. The Morgan fingerprint density at radius 3 is 2.39 bits per heavy atom. The fourth-order valence-electron chi connectivity index (χ4n) is 1.65. The third-order valence-corrected chi connectivity index (χ3v) is 2.86. The highest BCUT2D eigenvalue weighted by Gasteiger charge is 2.11. The average molecular weight is 261 g/mol. The molecule has 2 rings (SSSR count). The lowest BCUT2D eigenvalue weighted by Crippen LogP contribution is -2.26. The zero-order valence-corrected chi connectivity index (χ0v) is 10.8. The molecule has 1 aromatic heterocycles. The van der Waals surface area contributed by atoms with E-state index in [0.29, 0.717) is 17.1 Å². The Hall–Kier alpha value is -1.87. The number of pyridine rings is 1. The summed E-state index contributed by atoms with van der Waals surface area (Å²) in [5.74, 6) is -0.0246. The summed E-state index contributed by atoms with van der Waals surface area (Å²) in [6.45, 7) is 0.560. The molecule has 0 aliphatic carbocycles. The summed E-state index contributed by atoms with van der Waals surface area (Å²) in [6, 6.07) is 10.7. The van der Waals surface area contributed by atoms with E-state index >= 15 is 0 Å². The Bertz CT molecular complexity index is 525. The highest BCUT2D eigenvalue weighted by Crippen LogP contribution is 2.12. The molecule has 0 fully saturated rings. The quantitative estimate of drug-likeness (QED) is 0.850. The second-order valence-electron chi connectivity index (χ2n) is 4.02. The fourth-order valence-corrected chi connectivity index (χ4v) is 1.77. The van der Waals surface area contributed by atoms with Crippen molar-refractivity contribution in [1.29, 1.82) is 0 Å². The van der Waals surface area contributed by atoms with Gasteiger partial charge in [-0.2, -0.15) is 0 Å². The summed E-state index contributed by atoms with van der Waals surface area (Å²) >= 11 is 5.79. The van der Waals surface area contributed by atoms with Crippen molar-refractivity contribution < 1.29 is 4.79 Å². The minimum absolute atomic E-state index is 0.0246. The second-order valence-corrected chi connectivity index (χ2v) is 4.46. The van der Waals surface area contributed by atoms with Crippen LogP contribution >= 0.6 is 11.6 Å².